The molecule has 8 heteroatoms. The molecule has 4 heterocycles. The number of imidazole rings is 1. The SMILES string of the molecule is F[C@@H]1CN(Cc2nccs2)C[C@@H]1OCc1nc2ccncc2[nH]1. The normalized spacial score (nSPS) is 22.1. The first kappa shape index (κ1) is 14.7. The Labute approximate surface area is 136 Å². The van der Waals surface area contributed by atoms with Gasteiger partial charge in [-0.05, 0) is 6.07 Å². The van der Waals surface area contributed by atoms with Gasteiger partial charge in [-0.15, -0.1) is 11.3 Å². The molecular weight excluding hydrogens is 317 g/mol. The third-order valence-electron chi connectivity index (χ3n) is 3.88. The van der Waals surface area contributed by atoms with Gasteiger partial charge in [0, 0.05) is 30.9 Å². The summed E-state index contributed by atoms with van der Waals surface area (Å²) in [6, 6.07) is 1.83. The summed E-state index contributed by atoms with van der Waals surface area (Å²) in [7, 11) is 0. The Morgan fingerprint density at radius 2 is 2.35 bits per heavy atom. The number of likely N-dealkylation sites (tertiary alicyclic amines) is 1. The Hall–Kier alpha value is -1.90. The van der Waals surface area contributed by atoms with Crippen molar-refractivity contribution in [3.05, 3.63) is 40.9 Å². The molecule has 4 rings (SSSR count). The highest BCUT2D eigenvalue weighted by Gasteiger charge is 2.34. The number of ether oxygens (including phenoxy) is 1. The lowest BCUT2D eigenvalue weighted by Crippen LogP contribution is -2.24. The summed E-state index contributed by atoms with van der Waals surface area (Å²) in [6.07, 6.45) is 3.77. The molecule has 0 amide bonds. The summed E-state index contributed by atoms with van der Waals surface area (Å²) in [5.74, 6) is 0.693. The van der Waals surface area contributed by atoms with Gasteiger partial charge in [0.1, 0.15) is 29.7 Å². The van der Waals surface area contributed by atoms with Gasteiger partial charge in [0.05, 0.1) is 23.8 Å². The molecule has 1 N–H and O–H groups in total. The molecule has 23 heavy (non-hydrogen) atoms. The Kier molecular flexibility index (Phi) is 4.02. The van der Waals surface area contributed by atoms with Gasteiger partial charge in [0.2, 0.25) is 0 Å². The third-order valence-corrected chi connectivity index (χ3v) is 4.65. The summed E-state index contributed by atoms with van der Waals surface area (Å²) in [5.41, 5.74) is 1.70. The van der Waals surface area contributed by atoms with Crippen LogP contribution in [0.1, 0.15) is 10.8 Å². The first-order chi connectivity index (χ1) is 11.3. The summed E-state index contributed by atoms with van der Waals surface area (Å²) in [5, 5.41) is 2.94. The van der Waals surface area contributed by atoms with Gasteiger partial charge < -0.3 is 9.72 Å². The fraction of sp³-hybridized carbons (Fsp3) is 0.400. The average Bonchev–Trinajstić information content (AvgIpc) is 3.25. The van der Waals surface area contributed by atoms with Crippen molar-refractivity contribution < 1.29 is 9.13 Å². The zero-order chi connectivity index (χ0) is 15.6. The van der Waals surface area contributed by atoms with Crippen molar-refractivity contribution in [2.75, 3.05) is 13.1 Å². The number of rotatable bonds is 5. The molecule has 3 aromatic heterocycles. The van der Waals surface area contributed by atoms with E-state index in [0.29, 0.717) is 25.5 Å². The van der Waals surface area contributed by atoms with Gasteiger partial charge in [0.25, 0.3) is 0 Å². The minimum atomic E-state index is -0.985. The van der Waals surface area contributed by atoms with Gasteiger partial charge in [-0.3, -0.25) is 9.88 Å². The number of aromatic amines is 1. The Morgan fingerprint density at radius 3 is 3.17 bits per heavy atom. The van der Waals surface area contributed by atoms with Crippen LogP contribution >= 0.6 is 11.3 Å². The van der Waals surface area contributed by atoms with E-state index >= 15 is 0 Å². The lowest BCUT2D eigenvalue weighted by molar-refractivity contribution is 0.00863. The minimum Gasteiger partial charge on any atom is -0.366 e. The molecule has 2 atom stereocenters. The average molecular weight is 333 g/mol. The van der Waals surface area contributed by atoms with Gasteiger partial charge in [-0.25, -0.2) is 14.4 Å². The number of hydrogen-bond donors (Lipinski definition) is 1. The maximum Gasteiger partial charge on any atom is 0.140 e. The molecule has 3 aromatic rings. The van der Waals surface area contributed by atoms with Crippen LogP contribution in [0.25, 0.3) is 11.0 Å². The van der Waals surface area contributed by atoms with Crippen molar-refractivity contribution >= 4 is 22.4 Å². The molecule has 1 saturated heterocycles. The molecule has 0 spiro atoms. The van der Waals surface area contributed by atoms with Crippen molar-refractivity contribution in [3.8, 4) is 0 Å². The second-order valence-electron chi connectivity index (χ2n) is 5.56. The van der Waals surface area contributed by atoms with Crippen LogP contribution in [0.4, 0.5) is 4.39 Å². The quantitative estimate of drug-likeness (QED) is 0.775. The molecule has 1 aliphatic rings. The molecule has 0 radical (unpaired) electrons. The molecule has 120 valence electrons. The first-order valence-corrected chi connectivity index (χ1v) is 8.31. The largest absolute Gasteiger partial charge is 0.366 e. The number of hydrogen-bond acceptors (Lipinski definition) is 6. The van der Waals surface area contributed by atoms with Crippen LogP contribution < -0.4 is 0 Å². The van der Waals surface area contributed by atoms with Crippen LogP contribution in [0.15, 0.2) is 30.0 Å². The van der Waals surface area contributed by atoms with E-state index in [2.05, 4.69) is 19.9 Å². The van der Waals surface area contributed by atoms with Crippen molar-refractivity contribution in [1.82, 2.24) is 24.8 Å². The van der Waals surface area contributed by atoms with E-state index in [9.17, 15) is 4.39 Å². The monoisotopic (exact) mass is 333 g/mol. The van der Waals surface area contributed by atoms with E-state index in [0.717, 1.165) is 16.0 Å². The Bertz CT molecular complexity index is 744. The topological polar surface area (TPSA) is 66.9 Å². The molecular formula is C15H16FN5OS. The molecule has 1 aliphatic heterocycles. The number of pyridine rings is 1. The summed E-state index contributed by atoms with van der Waals surface area (Å²) in [4.78, 5) is 17.9. The standard InChI is InChI=1S/C15H16FN5OS/c16-10-6-21(8-15-18-3-4-23-15)7-13(10)22-9-14-19-11-1-2-17-5-12(11)20-14/h1-5,10,13H,6-9H2,(H,19,20)/t10-,13+/m1/s1. The number of nitrogens with one attached hydrogen (secondary N) is 1. The van der Waals surface area contributed by atoms with Crippen LogP contribution in [0.5, 0.6) is 0 Å². The molecule has 0 bridgehead atoms. The van der Waals surface area contributed by atoms with E-state index in [4.69, 9.17) is 4.74 Å². The summed E-state index contributed by atoms with van der Waals surface area (Å²) < 4.78 is 19.9. The molecule has 0 saturated carbocycles. The van der Waals surface area contributed by atoms with Gasteiger partial charge in [-0.1, -0.05) is 0 Å². The molecule has 0 unspecified atom stereocenters. The van der Waals surface area contributed by atoms with Gasteiger partial charge in [-0.2, -0.15) is 0 Å². The maximum atomic E-state index is 14.1. The smallest absolute Gasteiger partial charge is 0.140 e. The third kappa shape index (κ3) is 3.24. The number of thiazole rings is 1. The number of alkyl halides is 1. The van der Waals surface area contributed by atoms with E-state index < -0.39 is 12.3 Å². The van der Waals surface area contributed by atoms with Crippen LogP contribution in [-0.2, 0) is 17.9 Å². The van der Waals surface area contributed by atoms with Crippen molar-refractivity contribution in [3.63, 3.8) is 0 Å². The lowest BCUT2D eigenvalue weighted by atomic mass is 10.3. The predicted octanol–water partition coefficient (Wildman–Crippen LogP) is 2.15. The van der Waals surface area contributed by atoms with Crippen LogP contribution in [0.2, 0.25) is 0 Å². The fourth-order valence-electron chi connectivity index (χ4n) is 2.78. The zero-order valence-electron chi connectivity index (χ0n) is 12.4. The number of halogens is 1. The highest BCUT2D eigenvalue weighted by atomic mass is 32.1. The number of aromatic nitrogens is 4. The molecule has 6 nitrogen and oxygen atoms in total. The Morgan fingerprint density at radius 1 is 1.39 bits per heavy atom. The molecule has 0 aliphatic carbocycles. The number of fused-ring (bicyclic) bond motifs is 1. The number of nitrogens with zero attached hydrogens (tertiary/aromatic N) is 4. The van der Waals surface area contributed by atoms with Crippen molar-refractivity contribution in [2.24, 2.45) is 0 Å². The summed E-state index contributed by atoms with van der Waals surface area (Å²) in [6.45, 7) is 1.90. The van der Waals surface area contributed by atoms with E-state index in [1.807, 2.05) is 16.3 Å². The second-order valence-corrected chi connectivity index (χ2v) is 6.54. The van der Waals surface area contributed by atoms with Crippen molar-refractivity contribution in [1.29, 1.82) is 0 Å². The molecule has 0 aromatic carbocycles. The fourth-order valence-corrected chi connectivity index (χ4v) is 3.44. The van der Waals surface area contributed by atoms with Crippen molar-refractivity contribution in [2.45, 2.75) is 25.4 Å². The van der Waals surface area contributed by atoms with Gasteiger partial charge in [0.15, 0.2) is 0 Å². The first-order valence-electron chi connectivity index (χ1n) is 7.43. The van der Waals surface area contributed by atoms with Gasteiger partial charge >= 0.3 is 0 Å². The zero-order valence-corrected chi connectivity index (χ0v) is 13.2. The second kappa shape index (κ2) is 6.31. The lowest BCUT2D eigenvalue weighted by Gasteiger charge is -2.14. The van der Waals surface area contributed by atoms with E-state index in [1.54, 1.807) is 29.9 Å². The van der Waals surface area contributed by atoms with E-state index in [-0.39, 0.29) is 6.61 Å². The highest BCUT2D eigenvalue weighted by Crippen LogP contribution is 2.21. The Balaban J connectivity index is 1.35. The predicted molar refractivity (Wildman–Crippen MR) is 84.8 cm³/mol. The highest BCUT2D eigenvalue weighted by molar-refractivity contribution is 7.09. The van der Waals surface area contributed by atoms with E-state index in [1.165, 1.54) is 0 Å². The van der Waals surface area contributed by atoms with Crippen LogP contribution in [0, 0.1) is 0 Å². The summed E-state index contributed by atoms with van der Waals surface area (Å²) >= 11 is 1.59. The van der Waals surface area contributed by atoms with Crippen LogP contribution in [0.3, 0.4) is 0 Å². The maximum absolute atomic E-state index is 14.1. The van der Waals surface area contributed by atoms with Crippen LogP contribution in [-0.4, -0.2) is 50.2 Å². The minimum absolute atomic E-state index is 0.269. The number of H-pyrrole nitrogens is 1. The molecule has 1 fully saturated rings.